The third-order valence-electron chi connectivity index (χ3n) is 1.18. The van der Waals surface area contributed by atoms with Crippen LogP contribution >= 0.6 is 11.6 Å². The molecule has 1 heterocycles. The summed E-state index contributed by atoms with van der Waals surface area (Å²) in [6.07, 6.45) is 5.88. The zero-order valence-electron chi connectivity index (χ0n) is 5.57. The number of halogens is 1. The van der Waals surface area contributed by atoms with Gasteiger partial charge in [-0.15, -0.1) is 0 Å². The molecule has 0 amide bonds. The average molecular weight is 155 g/mol. The lowest BCUT2D eigenvalue weighted by molar-refractivity contribution is -0.687. The molecule has 0 saturated carbocycles. The van der Waals surface area contributed by atoms with Crippen LogP contribution in [0.5, 0.6) is 0 Å². The Hall–Kier alpha value is -0.820. The van der Waals surface area contributed by atoms with Gasteiger partial charge in [0.1, 0.15) is 0 Å². The van der Waals surface area contributed by atoms with Gasteiger partial charge in [-0.2, -0.15) is 0 Å². The molecule has 0 atom stereocenters. The third-order valence-corrected chi connectivity index (χ3v) is 1.36. The third kappa shape index (κ3) is 2.19. The summed E-state index contributed by atoms with van der Waals surface area (Å²) in [5, 5.41) is 0. The first kappa shape index (κ1) is 7.29. The molecular weight excluding hydrogens is 146 g/mol. The second-order valence-electron chi connectivity index (χ2n) is 1.93. The summed E-state index contributed by atoms with van der Waals surface area (Å²) in [5.41, 5.74) is 1.53. The molecule has 0 radical (unpaired) electrons. The summed E-state index contributed by atoms with van der Waals surface area (Å²) in [6.45, 7) is 0.838. The smallest absolute Gasteiger partial charge is 0.169 e. The van der Waals surface area contributed by atoms with Crippen LogP contribution < -0.4 is 4.57 Å². The van der Waals surface area contributed by atoms with E-state index in [2.05, 4.69) is 0 Å². The molecule has 0 spiro atoms. The number of hydrogen-bond acceptors (Lipinski definition) is 0. The van der Waals surface area contributed by atoms with E-state index < -0.39 is 0 Å². The topological polar surface area (TPSA) is 3.88 Å². The Morgan fingerprint density at radius 2 is 1.90 bits per heavy atom. The molecule has 0 aliphatic rings. The molecule has 0 aromatic carbocycles. The quantitative estimate of drug-likeness (QED) is 0.572. The van der Waals surface area contributed by atoms with Crippen LogP contribution in [0.4, 0.5) is 0 Å². The van der Waals surface area contributed by atoms with Gasteiger partial charge in [0.05, 0.1) is 0 Å². The standard InChI is InChI=1S/C8H9ClN/c9-5-4-8-10-6-2-1-3-7-10/h1-7H,8H2/q+1. The molecule has 1 rings (SSSR count). The highest BCUT2D eigenvalue weighted by Crippen LogP contribution is 1.80. The fourth-order valence-corrected chi connectivity index (χ4v) is 0.797. The molecule has 52 valence electrons. The molecule has 1 aromatic rings. The molecule has 10 heavy (non-hydrogen) atoms. The van der Waals surface area contributed by atoms with E-state index in [1.54, 1.807) is 0 Å². The van der Waals surface area contributed by atoms with E-state index in [-0.39, 0.29) is 0 Å². The van der Waals surface area contributed by atoms with Gasteiger partial charge in [-0.25, -0.2) is 4.57 Å². The van der Waals surface area contributed by atoms with Gasteiger partial charge in [-0.1, -0.05) is 17.7 Å². The molecule has 0 saturated heterocycles. The summed E-state index contributed by atoms with van der Waals surface area (Å²) in [5.74, 6) is 0. The van der Waals surface area contributed by atoms with Gasteiger partial charge in [0.15, 0.2) is 18.9 Å². The maximum atomic E-state index is 5.36. The highest BCUT2D eigenvalue weighted by molar-refractivity contribution is 6.25. The van der Waals surface area contributed by atoms with Crippen LogP contribution in [0.2, 0.25) is 0 Å². The van der Waals surface area contributed by atoms with Gasteiger partial charge in [0.2, 0.25) is 0 Å². The second-order valence-corrected chi connectivity index (χ2v) is 2.19. The minimum Gasteiger partial charge on any atom is -0.201 e. The first-order chi connectivity index (χ1) is 4.93. The van der Waals surface area contributed by atoms with Crippen molar-refractivity contribution in [3.8, 4) is 0 Å². The van der Waals surface area contributed by atoms with Crippen LogP contribution in [0, 0.1) is 0 Å². The predicted molar refractivity (Wildman–Crippen MR) is 41.6 cm³/mol. The molecule has 2 heteroatoms. The Bertz CT molecular complexity index is 206. The Morgan fingerprint density at radius 1 is 1.20 bits per heavy atom. The molecule has 0 aliphatic carbocycles. The van der Waals surface area contributed by atoms with E-state index in [9.17, 15) is 0 Å². The first-order valence-electron chi connectivity index (χ1n) is 3.13. The molecule has 0 bridgehead atoms. The lowest BCUT2D eigenvalue weighted by Gasteiger charge is -1.86. The summed E-state index contributed by atoms with van der Waals surface area (Å²) in [7, 11) is 0. The zero-order chi connectivity index (χ0) is 7.23. The van der Waals surface area contributed by atoms with Crippen LogP contribution in [0.3, 0.4) is 0 Å². The number of rotatable bonds is 2. The van der Waals surface area contributed by atoms with Gasteiger partial charge >= 0.3 is 0 Å². The molecule has 1 nitrogen and oxygen atoms in total. The number of nitrogens with zero attached hydrogens (tertiary/aromatic N) is 1. The van der Waals surface area contributed by atoms with E-state index in [0.29, 0.717) is 0 Å². The van der Waals surface area contributed by atoms with E-state index >= 15 is 0 Å². The lowest BCUT2D eigenvalue weighted by Crippen LogP contribution is -2.30. The van der Waals surface area contributed by atoms with E-state index in [4.69, 9.17) is 11.6 Å². The van der Waals surface area contributed by atoms with Crippen molar-refractivity contribution < 1.29 is 4.57 Å². The minimum absolute atomic E-state index is 0.838. The van der Waals surface area contributed by atoms with Crippen LogP contribution in [-0.2, 0) is 6.54 Å². The molecular formula is C8H9ClN+. The van der Waals surface area contributed by atoms with Crippen molar-refractivity contribution in [1.29, 1.82) is 0 Å². The summed E-state index contributed by atoms with van der Waals surface area (Å²) >= 11 is 5.36. The Kier molecular flexibility index (Phi) is 2.97. The minimum atomic E-state index is 0.838. The van der Waals surface area contributed by atoms with Crippen molar-refractivity contribution in [3.05, 3.63) is 42.2 Å². The van der Waals surface area contributed by atoms with Crippen molar-refractivity contribution in [2.45, 2.75) is 6.54 Å². The second kappa shape index (κ2) is 4.07. The maximum Gasteiger partial charge on any atom is 0.169 e. The normalized spacial score (nSPS) is 10.5. The highest BCUT2D eigenvalue weighted by atomic mass is 35.5. The molecule has 1 aromatic heterocycles. The van der Waals surface area contributed by atoms with Crippen molar-refractivity contribution in [1.82, 2.24) is 0 Å². The largest absolute Gasteiger partial charge is 0.201 e. The summed E-state index contributed by atoms with van der Waals surface area (Å²) in [4.78, 5) is 0. The van der Waals surface area contributed by atoms with Gasteiger partial charge in [-0.05, 0) is 6.08 Å². The van der Waals surface area contributed by atoms with E-state index in [1.807, 2.05) is 41.2 Å². The fourth-order valence-electron chi connectivity index (χ4n) is 0.718. The van der Waals surface area contributed by atoms with Crippen molar-refractivity contribution >= 4 is 11.6 Å². The van der Waals surface area contributed by atoms with E-state index in [1.165, 1.54) is 5.54 Å². The Labute approximate surface area is 65.6 Å². The van der Waals surface area contributed by atoms with Gasteiger partial charge in [-0.3, -0.25) is 0 Å². The lowest BCUT2D eigenvalue weighted by atomic mass is 10.5. The SMILES string of the molecule is ClC=CC[n+]1ccccc1. The van der Waals surface area contributed by atoms with Crippen molar-refractivity contribution in [3.63, 3.8) is 0 Å². The van der Waals surface area contributed by atoms with Crippen molar-refractivity contribution in [2.75, 3.05) is 0 Å². The molecule has 0 fully saturated rings. The van der Waals surface area contributed by atoms with Crippen LogP contribution in [-0.4, -0.2) is 0 Å². The maximum absolute atomic E-state index is 5.36. The van der Waals surface area contributed by atoms with Gasteiger partial charge in [0.25, 0.3) is 0 Å². The van der Waals surface area contributed by atoms with E-state index in [0.717, 1.165) is 6.54 Å². The summed E-state index contributed by atoms with van der Waals surface area (Å²) < 4.78 is 2.04. The van der Waals surface area contributed by atoms with Crippen LogP contribution in [0.25, 0.3) is 0 Å². The van der Waals surface area contributed by atoms with Gasteiger partial charge in [0, 0.05) is 17.7 Å². The predicted octanol–water partition coefficient (Wildman–Crippen LogP) is 1.73. The average Bonchev–Trinajstić information content (AvgIpc) is 2.03. The summed E-state index contributed by atoms with van der Waals surface area (Å²) in [6, 6.07) is 5.96. The number of pyridine rings is 1. The molecule has 0 unspecified atom stereocenters. The van der Waals surface area contributed by atoms with Crippen LogP contribution in [0.1, 0.15) is 0 Å². The highest BCUT2D eigenvalue weighted by Gasteiger charge is 1.89. The number of aromatic nitrogens is 1. The van der Waals surface area contributed by atoms with Crippen LogP contribution in [0.15, 0.2) is 42.2 Å². The first-order valence-corrected chi connectivity index (χ1v) is 3.56. The number of allylic oxidation sites excluding steroid dienone is 1. The Balaban J connectivity index is 2.59. The Morgan fingerprint density at radius 3 is 2.50 bits per heavy atom. The monoisotopic (exact) mass is 154 g/mol. The number of hydrogen-bond donors (Lipinski definition) is 0. The molecule has 0 N–H and O–H groups in total. The fraction of sp³-hybridized carbons (Fsp3) is 0.125. The van der Waals surface area contributed by atoms with Crippen molar-refractivity contribution in [2.24, 2.45) is 0 Å². The zero-order valence-corrected chi connectivity index (χ0v) is 6.33. The molecule has 0 aliphatic heterocycles. The van der Waals surface area contributed by atoms with Gasteiger partial charge < -0.3 is 0 Å².